The molecule has 1 saturated heterocycles. The molecular weight excluding hydrogens is 959 g/mol. The van der Waals surface area contributed by atoms with Crippen LogP contribution in [0.4, 0.5) is 5.82 Å². The zero-order valence-corrected chi connectivity index (χ0v) is 38.3. The number of aromatic nitrogens is 4. The molecule has 2 amide bonds. The van der Waals surface area contributed by atoms with Gasteiger partial charge < -0.3 is 56.0 Å². The Morgan fingerprint density at radius 3 is 2.36 bits per heavy atom. The number of rotatable bonds is 23. The average Bonchev–Trinajstić information content (AvgIpc) is 3.80. The molecule has 0 saturated carbocycles. The van der Waals surface area contributed by atoms with Gasteiger partial charge in [0.25, 0.3) is 0 Å². The van der Waals surface area contributed by atoms with Gasteiger partial charge in [-0.1, -0.05) is 74.7 Å². The topological polar surface area (TPSA) is 401 Å². The second-order valence-electron chi connectivity index (χ2n) is 15.1. The number of ether oxygens (including phenoxy) is 1. The molecule has 2 aromatic carbocycles. The summed E-state index contributed by atoms with van der Waals surface area (Å²) >= 11 is 0.761. The number of nitrogens with one attached hydrogen (secondary N) is 2. The van der Waals surface area contributed by atoms with Crippen LogP contribution in [0, 0.1) is 5.41 Å². The number of imidazole rings is 1. The van der Waals surface area contributed by atoms with Crippen molar-refractivity contribution in [1.82, 2.24) is 30.2 Å². The van der Waals surface area contributed by atoms with E-state index in [0.29, 0.717) is 10.9 Å². The van der Waals surface area contributed by atoms with Crippen LogP contribution >= 0.6 is 35.2 Å². The average molecular weight is 1010 g/mol. The van der Waals surface area contributed by atoms with Crippen molar-refractivity contribution in [2.24, 2.45) is 5.41 Å². The van der Waals surface area contributed by atoms with Gasteiger partial charge in [-0.15, -0.1) is 0 Å². The number of carboxylic acids is 1. The maximum atomic E-state index is 12.9. The van der Waals surface area contributed by atoms with Crippen molar-refractivity contribution >= 4 is 85.9 Å². The molecule has 3 heterocycles. The zero-order chi connectivity index (χ0) is 48.8. The van der Waals surface area contributed by atoms with Crippen LogP contribution in [0.25, 0.3) is 21.9 Å². The number of nitrogens with zero attached hydrogens (tertiary/aromatic N) is 4. The zero-order valence-electron chi connectivity index (χ0n) is 34.8. The molecule has 0 aliphatic carbocycles. The summed E-state index contributed by atoms with van der Waals surface area (Å²) in [6.45, 7) is 3.79. The van der Waals surface area contributed by atoms with Crippen molar-refractivity contribution < 1.29 is 90.4 Å². The minimum atomic E-state index is -5.61. The van der Waals surface area contributed by atoms with Crippen molar-refractivity contribution in [2.75, 3.05) is 37.8 Å². The number of carboxylic acid groups (broad SMARTS) is 1. The lowest BCUT2D eigenvalue weighted by atomic mass is 9.87. The Bertz CT molecular complexity index is 2610. The van der Waals surface area contributed by atoms with Crippen molar-refractivity contribution in [1.29, 1.82) is 0 Å². The van der Waals surface area contributed by atoms with Crippen molar-refractivity contribution in [2.45, 2.75) is 56.8 Å². The molecule has 5 rings (SSSR count). The molecular formula is C36H46N7O19P3S. The van der Waals surface area contributed by atoms with E-state index in [1.165, 1.54) is 13.8 Å². The van der Waals surface area contributed by atoms with E-state index < -0.39 is 102 Å². The fourth-order valence-corrected chi connectivity index (χ4v) is 9.98. The molecule has 360 valence electrons. The number of carbonyl (C=O) groups excluding carboxylic acids is 3. The lowest BCUT2D eigenvalue weighted by Gasteiger charge is -2.30. The monoisotopic (exact) mass is 1010 g/mol. The molecule has 8 atom stereocenters. The van der Waals surface area contributed by atoms with Gasteiger partial charge in [-0.05, 0) is 16.3 Å². The number of anilines is 1. The van der Waals surface area contributed by atoms with Crippen LogP contribution in [0.5, 0.6) is 0 Å². The van der Waals surface area contributed by atoms with E-state index >= 15 is 0 Å². The molecule has 2 aromatic heterocycles. The van der Waals surface area contributed by atoms with Crippen molar-refractivity contribution in [3.63, 3.8) is 0 Å². The van der Waals surface area contributed by atoms with Gasteiger partial charge in [0.1, 0.15) is 42.2 Å². The lowest BCUT2D eigenvalue weighted by Crippen LogP contribution is -2.46. The lowest BCUT2D eigenvalue weighted by molar-refractivity contribution is -0.138. The summed E-state index contributed by atoms with van der Waals surface area (Å²) in [4.78, 5) is 101. The largest absolute Gasteiger partial charge is 0.481 e. The van der Waals surface area contributed by atoms with Crippen LogP contribution in [0.15, 0.2) is 67.3 Å². The SMILES string of the molecule is C=C(C(=O)SCCNC(=O)CCNC(=O)[C@H](O)C(C)(C)COP(=O)(O)OP(=O)(O)OC[C@H]1O[C@@H](n2cnc3c(N)ncnc32)[C@H](O)[C@@H]1OP(=O)(O)O)C(C(=O)O)c1cccc2ccccc12. The standard InChI is InChI=1S/C36H46N7O19P3S/c1-19(25(34(48)49)22-10-6-8-20-7-4-5-9-21(20)22)35(50)66-14-13-38-24(44)11-12-39-32(47)29(46)36(2,3)16-59-65(56,57)62-64(54,55)58-15-23-28(61-63(51,52)53)27(45)33(60-23)43-18-42-26-30(37)40-17-41-31(26)43/h4-10,17-18,23,25,27-29,33,45-46H,1,11-16H2,2-3H3,(H,38,44)(H,39,47)(H,48,49)(H,54,55)(H,56,57)(H2,37,40,41)(H2,51,52,53)/t23-,25?,27-,28-,29+,33-/m1/s1. The second kappa shape index (κ2) is 21.6. The number of aliphatic hydroxyl groups excluding tert-OH is 2. The molecule has 1 fully saturated rings. The third-order valence-corrected chi connectivity index (χ3v) is 13.8. The molecule has 0 bridgehead atoms. The summed E-state index contributed by atoms with van der Waals surface area (Å²) in [5.74, 6) is -4.14. The molecule has 66 heavy (non-hydrogen) atoms. The molecule has 1 aliphatic heterocycles. The van der Waals surface area contributed by atoms with Crippen LogP contribution < -0.4 is 16.4 Å². The summed E-state index contributed by atoms with van der Waals surface area (Å²) in [5, 5.41) is 37.3. The highest BCUT2D eigenvalue weighted by molar-refractivity contribution is 8.14. The number of aliphatic hydroxyl groups is 2. The van der Waals surface area contributed by atoms with Gasteiger partial charge in [0.05, 0.1) is 19.5 Å². The Morgan fingerprint density at radius 2 is 1.67 bits per heavy atom. The Balaban J connectivity index is 1.04. The minimum Gasteiger partial charge on any atom is -0.481 e. The van der Waals surface area contributed by atoms with Crippen LogP contribution in [-0.4, -0.2) is 134 Å². The van der Waals surface area contributed by atoms with Crippen LogP contribution in [0.1, 0.15) is 38.0 Å². The molecule has 26 nitrogen and oxygen atoms in total. The number of fused-ring (bicyclic) bond motifs is 2. The van der Waals surface area contributed by atoms with E-state index in [9.17, 15) is 67.8 Å². The Labute approximate surface area is 378 Å². The van der Waals surface area contributed by atoms with E-state index in [1.54, 1.807) is 30.3 Å². The highest BCUT2D eigenvalue weighted by Crippen LogP contribution is 2.61. The van der Waals surface area contributed by atoms with Gasteiger partial charge in [0.2, 0.25) is 16.9 Å². The number of phosphoric acid groups is 3. The van der Waals surface area contributed by atoms with Gasteiger partial charge in [-0.2, -0.15) is 4.31 Å². The third-order valence-electron chi connectivity index (χ3n) is 9.73. The predicted octanol–water partition coefficient (Wildman–Crippen LogP) is 1.24. The van der Waals surface area contributed by atoms with E-state index in [2.05, 4.69) is 41.0 Å². The van der Waals surface area contributed by atoms with Gasteiger partial charge >= 0.3 is 29.4 Å². The number of nitrogens with two attached hydrogens (primary N) is 1. The minimum absolute atomic E-state index is 0.00952. The Kier molecular flexibility index (Phi) is 17.2. The quantitative estimate of drug-likeness (QED) is 0.0284. The maximum Gasteiger partial charge on any atom is 0.481 e. The summed E-state index contributed by atoms with van der Waals surface area (Å²) in [5.41, 5.74) is 4.44. The number of carbonyl (C=O) groups is 4. The maximum absolute atomic E-state index is 12.9. The highest BCUT2D eigenvalue weighted by Gasteiger charge is 2.50. The molecule has 3 unspecified atom stereocenters. The van der Waals surface area contributed by atoms with Gasteiger partial charge in [-0.3, -0.25) is 37.3 Å². The first-order valence-electron chi connectivity index (χ1n) is 19.3. The summed E-state index contributed by atoms with van der Waals surface area (Å²) < 4.78 is 62.3. The van der Waals surface area contributed by atoms with E-state index in [4.69, 9.17) is 19.5 Å². The summed E-state index contributed by atoms with van der Waals surface area (Å²) in [6, 6.07) is 12.2. The number of aliphatic carboxylic acids is 1. The van der Waals surface area contributed by atoms with Crippen LogP contribution in [0.2, 0.25) is 0 Å². The predicted molar refractivity (Wildman–Crippen MR) is 231 cm³/mol. The van der Waals surface area contributed by atoms with Gasteiger partial charge in [0, 0.05) is 36.3 Å². The number of phosphoric ester groups is 3. The highest BCUT2D eigenvalue weighted by atomic mass is 32.2. The Morgan fingerprint density at radius 1 is 0.985 bits per heavy atom. The van der Waals surface area contributed by atoms with E-state index in [0.717, 1.165) is 34.4 Å². The van der Waals surface area contributed by atoms with Gasteiger partial charge in [0.15, 0.2) is 17.7 Å². The molecule has 30 heteroatoms. The molecule has 0 radical (unpaired) electrons. The molecule has 11 N–H and O–H groups in total. The fraction of sp³-hybridized carbons (Fsp3) is 0.417. The molecule has 1 aliphatic rings. The molecule has 0 spiro atoms. The van der Waals surface area contributed by atoms with Gasteiger partial charge in [-0.25, -0.2) is 28.6 Å². The van der Waals surface area contributed by atoms with Crippen molar-refractivity contribution in [3.05, 3.63) is 72.8 Å². The number of nitrogen functional groups attached to an aromatic ring is 1. The number of thioether (sulfide) groups is 1. The van der Waals surface area contributed by atoms with E-state index in [1.807, 2.05) is 12.1 Å². The number of benzene rings is 2. The first-order chi connectivity index (χ1) is 30.8. The normalized spacial score (nSPS) is 20.5. The summed E-state index contributed by atoms with van der Waals surface area (Å²) in [7, 11) is -16.5. The first kappa shape index (κ1) is 52.4. The number of hydrogen-bond donors (Lipinski definition) is 10. The van der Waals surface area contributed by atoms with Crippen LogP contribution in [0.3, 0.4) is 0 Å². The fourth-order valence-electron chi connectivity index (χ4n) is 6.46. The number of amides is 2. The smallest absolute Gasteiger partial charge is 0.481 e. The first-order valence-corrected chi connectivity index (χ1v) is 24.8. The van der Waals surface area contributed by atoms with Crippen LogP contribution in [-0.2, 0) is 55.5 Å². The van der Waals surface area contributed by atoms with E-state index in [-0.39, 0.29) is 47.8 Å². The van der Waals surface area contributed by atoms with Crippen molar-refractivity contribution in [3.8, 4) is 0 Å². The Hall–Kier alpha value is -4.53. The summed E-state index contributed by atoms with van der Waals surface area (Å²) in [6.07, 6.45) is -7.21. The molecule has 4 aromatic rings. The number of hydrogen-bond acceptors (Lipinski definition) is 19. The third kappa shape index (κ3) is 13.6. The second-order valence-corrected chi connectivity index (χ2v) is 20.4.